The lowest BCUT2D eigenvalue weighted by Gasteiger charge is -2.12. The molecule has 0 saturated heterocycles. The molecule has 0 amide bonds. The first kappa shape index (κ1) is 23.1. The van der Waals surface area contributed by atoms with Crippen LogP contribution in [0.25, 0.3) is 66.1 Å². The summed E-state index contributed by atoms with van der Waals surface area (Å²) in [5.74, 6) is 0. The molecule has 0 unspecified atom stereocenters. The number of fused-ring (bicyclic) bond motifs is 6. The van der Waals surface area contributed by atoms with Crippen molar-refractivity contribution in [1.29, 1.82) is 0 Å². The molecule has 0 atom stereocenters. The zero-order valence-corrected chi connectivity index (χ0v) is 22.9. The second-order valence-electron chi connectivity index (χ2n) is 10.0. The summed E-state index contributed by atoms with van der Waals surface area (Å²) in [6.07, 6.45) is 0. The summed E-state index contributed by atoms with van der Waals surface area (Å²) < 4.78 is 13.0. The molecule has 8 aromatic rings. The molecule has 0 bridgehead atoms. The number of rotatable bonds is 4. The van der Waals surface area contributed by atoms with Crippen LogP contribution in [-0.2, 0) is 0 Å². The van der Waals surface area contributed by atoms with Crippen molar-refractivity contribution in [3.63, 3.8) is 0 Å². The molecule has 0 saturated carbocycles. The predicted octanol–water partition coefficient (Wildman–Crippen LogP) is 11.3. The number of anilines is 2. The van der Waals surface area contributed by atoms with E-state index in [-0.39, 0.29) is 0 Å². The Morgan fingerprint density at radius 1 is 0.425 bits per heavy atom. The van der Waals surface area contributed by atoms with E-state index in [0.29, 0.717) is 0 Å². The number of nitrogens with one attached hydrogen (secondary N) is 1. The average molecular weight is 580 g/mol. The Morgan fingerprint density at radius 3 is 1.50 bits per heavy atom. The average Bonchev–Trinajstić information content (AvgIpc) is 3.56. The maximum Gasteiger partial charge on any atom is 0.135 e. The number of furan rings is 2. The van der Waals surface area contributed by atoms with Gasteiger partial charge in [0.1, 0.15) is 22.3 Å². The molecule has 0 radical (unpaired) electrons. The normalized spacial score (nSPS) is 11.6. The SMILES string of the molecule is Brc1cc(-c2ccc3oc4ccccc4c3c2)ccc1Nc1ccc(-c2ccc3oc4ccccc4c3c2)cc1. The molecule has 0 aliphatic carbocycles. The van der Waals surface area contributed by atoms with Gasteiger partial charge in [0.25, 0.3) is 0 Å². The number of para-hydroxylation sites is 2. The number of halogens is 1. The summed E-state index contributed by atoms with van der Waals surface area (Å²) in [6, 6.07) is 44.1. The topological polar surface area (TPSA) is 38.3 Å². The van der Waals surface area contributed by atoms with E-state index in [9.17, 15) is 0 Å². The van der Waals surface area contributed by atoms with Crippen LogP contribution in [0.1, 0.15) is 0 Å². The first-order chi connectivity index (χ1) is 19.7. The first-order valence-corrected chi connectivity index (χ1v) is 14.0. The maximum absolute atomic E-state index is 6.00. The van der Waals surface area contributed by atoms with Crippen LogP contribution in [0, 0.1) is 0 Å². The molecule has 2 heterocycles. The van der Waals surface area contributed by atoms with E-state index in [1.807, 2.05) is 30.3 Å². The summed E-state index contributed by atoms with van der Waals surface area (Å²) >= 11 is 3.78. The minimum absolute atomic E-state index is 0.906. The van der Waals surface area contributed by atoms with Crippen molar-refractivity contribution in [3.05, 3.63) is 132 Å². The van der Waals surface area contributed by atoms with Crippen molar-refractivity contribution in [2.75, 3.05) is 5.32 Å². The highest BCUT2D eigenvalue weighted by Gasteiger charge is 2.11. The third-order valence-corrected chi connectivity index (χ3v) is 8.21. The van der Waals surface area contributed by atoms with Gasteiger partial charge in [0.2, 0.25) is 0 Å². The summed E-state index contributed by atoms with van der Waals surface area (Å²) in [5.41, 5.74) is 10.3. The van der Waals surface area contributed by atoms with E-state index in [4.69, 9.17) is 8.83 Å². The Labute approximate surface area is 238 Å². The molecule has 0 aliphatic rings. The van der Waals surface area contributed by atoms with Crippen LogP contribution >= 0.6 is 15.9 Å². The molecule has 8 rings (SSSR count). The van der Waals surface area contributed by atoms with Gasteiger partial charge in [0.05, 0.1) is 5.69 Å². The van der Waals surface area contributed by atoms with Gasteiger partial charge in [-0.1, -0.05) is 66.7 Å². The highest BCUT2D eigenvalue weighted by molar-refractivity contribution is 9.10. The van der Waals surface area contributed by atoms with Gasteiger partial charge in [-0.05, 0) is 98.8 Å². The second-order valence-corrected chi connectivity index (χ2v) is 10.9. The van der Waals surface area contributed by atoms with Crippen LogP contribution in [-0.4, -0.2) is 0 Å². The van der Waals surface area contributed by atoms with Gasteiger partial charge >= 0.3 is 0 Å². The fourth-order valence-electron chi connectivity index (χ4n) is 5.51. The molecule has 2 aromatic heterocycles. The Balaban J connectivity index is 1.06. The molecule has 190 valence electrons. The van der Waals surface area contributed by atoms with Crippen LogP contribution in [0.4, 0.5) is 11.4 Å². The van der Waals surface area contributed by atoms with Gasteiger partial charge in [-0.25, -0.2) is 0 Å². The molecule has 4 heteroatoms. The Bertz CT molecular complexity index is 2210. The maximum atomic E-state index is 6.00. The van der Waals surface area contributed by atoms with E-state index in [1.54, 1.807) is 0 Å². The molecule has 0 fully saturated rings. The molecule has 0 aliphatic heterocycles. The zero-order valence-electron chi connectivity index (χ0n) is 21.3. The van der Waals surface area contributed by atoms with E-state index in [1.165, 1.54) is 5.56 Å². The number of hydrogen-bond acceptors (Lipinski definition) is 3. The first-order valence-electron chi connectivity index (χ1n) is 13.2. The lowest BCUT2D eigenvalue weighted by Crippen LogP contribution is -1.92. The van der Waals surface area contributed by atoms with Crippen molar-refractivity contribution in [3.8, 4) is 22.3 Å². The van der Waals surface area contributed by atoms with Crippen molar-refractivity contribution in [1.82, 2.24) is 0 Å². The lowest BCUT2D eigenvalue weighted by atomic mass is 10.0. The number of hydrogen-bond donors (Lipinski definition) is 1. The zero-order chi connectivity index (χ0) is 26.6. The van der Waals surface area contributed by atoms with Crippen molar-refractivity contribution >= 4 is 71.2 Å². The molecule has 40 heavy (non-hydrogen) atoms. The Hall–Kier alpha value is -4.80. The molecular weight excluding hydrogens is 558 g/mol. The Morgan fingerprint density at radius 2 is 0.900 bits per heavy atom. The second kappa shape index (κ2) is 9.15. The molecular formula is C36H22BrNO2. The van der Waals surface area contributed by atoms with Gasteiger partial charge in [-0.3, -0.25) is 0 Å². The van der Waals surface area contributed by atoms with Gasteiger partial charge < -0.3 is 14.2 Å². The standard InChI is InChI=1S/C36H22BrNO2/c37-31-21-25(24-13-18-36-30(20-24)28-6-2-4-8-34(28)40-36)11-16-32(31)38-26-14-9-22(10-15-26)23-12-17-35-29(19-23)27-5-1-3-7-33(27)39-35/h1-21,38H. The lowest BCUT2D eigenvalue weighted by molar-refractivity contribution is 0.668. The van der Waals surface area contributed by atoms with Crippen LogP contribution in [0.5, 0.6) is 0 Å². The van der Waals surface area contributed by atoms with Crippen LogP contribution in [0.3, 0.4) is 0 Å². The quantitative estimate of drug-likeness (QED) is 0.225. The smallest absolute Gasteiger partial charge is 0.135 e. The Kier molecular flexibility index (Phi) is 5.29. The minimum Gasteiger partial charge on any atom is -0.456 e. The fraction of sp³-hybridized carbons (Fsp3) is 0. The van der Waals surface area contributed by atoms with Gasteiger partial charge in [-0.15, -0.1) is 0 Å². The monoisotopic (exact) mass is 579 g/mol. The fourth-order valence-corrected chi connectivity index (χ4v) is 5.99. The summed E-state index contributed by atoms with van der Waals surface area (Å²) in [4.78, 5) is 0. The summed E-state index contributed by atoms with van der Waals surface area (Å²) in [5, 5.41) is 8.10. The third-order valence-electron chi connectivity index (χ3n) is 7.55. The van der Waals surface area contributed by atoms with Crippen molar-refractivity contribution in [2.24, 2.45) is 0 Å². The minimum atomic E-state index is 0.906. The third kappa shape index (κ3) is 3.88. The number of benzene rings is 6. The van der Waals surface area contributed by atoms with Crippen LogP contribution in [0.2, 0.25) is 0 Å². The van der Waals surface area contributed by atoms with Crippen molar-refractivity contribution in [2.45, 2.75) is 0 Å². The van der Waals surface area contributed by atoms with E-state index < -0.39 is 0 Å². The van der Waals surface area contributed by atoms with E-state index in [2.05, 4.69) is 118 Å². The van der Waals surface area contributed by atoms with Crippen LogP contribution < -0.4 is 5.32 Å². The highest BCUT2D eigenvalue weighted by atomic mass is 79.9. The van der Waals surface area contributed by atoms with Crippen LogP contribution in [0.15, 0.2) is 141 Å². The van der Waals surface area contributed by atoms with Gasteiger partial charge in [0.15, 0.2) is 0 Å². The van der Waals surface area contributed by atoms with Crippen molar-refractivity contribution < 1.29 is 8.83 Å². The largest absolute Gasteiger partial charge is 0.456 e. The molecule has 1 N–H and O–H groups in total. The van der Waals surface area contributed by atoms with E-state index >= 15 is 0 Å². The van der Waals surface area contributed by atoms with Gasteiger partial charge in [0, 0.05) is 31.7 Å². The van der Waals surface area contributed by atoms with Gasteiger partial charge in [-0.2, -0.15) is 0 Å². The van der Waals surface area contributed by atoms with E-state index in [0.717, 1.165) is 76.4 Å². The molecule has 0 spiro atoms. The highest BCUT2D eigenvalue weighted by Crippen LogP contribution is 2.36. The summed E-state index contributed by atoms with van der Waals surface area (Å²) in [7, 11) is 0. The summed E-state index contributed by atoms with van der Waals surface area (Å²) in [6.45, 7) is 0. The molecule has 3 nitrogen and oxygen atoms in total. The molecule has 6 aromatic carbocycles. The predicted molar refractivity (Wildman–Crippen MR) is 169 cm³/mol.